The highest BCUT2D eigenvalue weighted by Crippen LogP contribution is 2.19. The maximum Gasteiger partial charge on any atom is 0.226 e. The summed E-state index contributed by atoms with van der Waals surface area (Å²) in [6.45, 7) is 1.71. The van der Waals surface area contributed by atoms with Gasteiger partial charge in [-0.25, -0.2) is 0 Å². The van der Waals surface area contributed by atoms with E-state index >= 15 is 0 Å². The Morgan fingerprint density at radius 2 is 2.25 bits per heavy atom. The first-order chi connectivity index (χ1) is 7.66. The minimum Gasteiger partial charge on any atom is -0.368 e. The lowest BCUT2D eigenvalue weighted by Crippen LogP contribution is -2.21. The Kier molecular flexibility index (Phi) is 3.21. The van der Waals surface area contributed by atoms with Crippen LogP contribution in [0.4, 0.5) is 5.82 Å². The fourth-order valence-corrected chi connectivity index (χ4v) is 1.51. The smallest absolute Gasteiger partial charge is 0.226 e. The van der Waals surface area contributed by atoms with Crippen LogP contribution >= 0.6 is 11.6 Å². The molecule has 16 heavy (non-hydrogen) atoms. The Morgan fingerprint density at radius 3 is 3.00 bits per heavy atom. The fraction of sp³-hybridized carbons (Fsp3) is 0.444. The summed E-state index contributed by atoms with van der Waals surface area (Å²) in [5.41, 5.74) is 0.646. The molecular formula is C9H13ClN6. The lowest BCUT2D eigenvalue weighted by Gasteiger charge is -2.11. The molecule has 0 atom stereocenters. The summed E-state index contributed by atoms with van der Waals surface area (Å²) >= 11 is 5.80. The van der Waals surface area contributed by atoms with Gasteiger partial charge < -0.3 is 10.2 Å². The highest BCUT2D eigenvalue weighted by molar-refractivity contribution is 6.28. The van der Waals surface area contributed by atoms with Crippen LogP contribution in [0.25, 0.3) is 11.0 Å². The number of hydrogen-bond acceptors (Lipinski definition) is 5. The van der Waals surface area contributed by atoms with E-state index in [1.54, 1.807) is 6.20 Å². The highest BCUT2D eigenvalue weighted by Gasteiger charge is 2.07. The largest absolute Gasteiger partial charge is 0.368 e. The lowest BCUT2D eigenvalue weighted by atomic mass is 10.4. The van der Waals surface area contributed by atoms with Crippen molar-refractivity contribution in [2.24, 2.45) is 0 Å². The Labute approximate surface area is 98.0 Å². The van der Waals surface area contributed by atoms with Gasteiger partial charge in [0.2, 0.25) is 5.28 Å². The van der Waals surface area contributed by atoms with E-state index in [0.717, 1.165) is 18.5 Å². The molecule has 2 N–H and O–H groups in total. The molecule has 0 aliphatic rings. The molecule has 7 heteroatoms. The van der Waals surface area contributed by atoms with Gasteiger partial charge in [0, 0.05) is 13.1 Å². The molecule has 2 aromatic rings. The van der Waals surface area contributed by atoms with Crippen LogP contribution in [-0.2, 0) is 0 Å². The fourth-order valence-electron chi connectivity index (χ4n) is 1.34. The standard InChI is InChI=1S/C9H13ClN6/c1-16(2)4-3-11-7-6-5-12-15-8(6)14-9(10)13-7/h5H,3-4H2,1-2H3,(H2,11,12,13,14,15). The number of H-pyrrole nitrogens is 1. The molecule has 0 aliphatic carbocycles. The van der Waals surface area contributed by atoms with Crippen molar-refractivity contribution >= 4 is 28.5 Å². The minimum atomic E-state index is 0.212. The number of rotatable bonds is 4. The van der Waals surface area contributed by atoms with Crippen LogP contribution in [0, 0.1) is 0 Å². The first-order valence-electron chi connectivity index (χ1n) is 4.92. The molecule has 0 bridgehead atoms. The first kappa shape index (κ1) is 11.1. The molecule has 0 spiro atoms. The van der Waals surface area contributed by atoms with Gasteiger partial charge in [-0.3, -0.25) is 5.10 Å². The number of anilines is 1. The van der Waals surface area contributed by atoms with Crippen LogP contribution in [0.15, 0.2) is 6.20 Å². The van der Waals surface area contributed by atoms with Gasteiger partial charge in [-0.2, -0.15) is 15.1 Å². The molecular weight excluding hydrogens is 228 g/mol. The summed E-state index contributed by atoms with van der Waals surface area (Å²) in [4.78, 5) is 10.2. The van der Waals surface area contributed by atoms with Crippen LogP contribution in [-0.4, -0.2) is 52.3 Å². The number of aromatic amines is 1. The van der Waals surface area contributed by atoms with E-state index in [1.165, 1.54) is 0 Å². The zero-order valence-corrected chi connectivity index (χ0v) is 9.91. The predicted molar refractivity (Wildman–Crippen MR) is 63.7 cm³/mol. The number of fused-ring (bicyclic) bond motifs is 1. The van der Waals surface area contributed by atoms with E-state index in [0.29, 0.717) is 11.5 Å². The Bertz CT molecular complexity index is 480. The van der Waals surface area contributed by atoms with Gasteiger partial charge in [0.05, 0.1) is 11.6 Å². The average Bonchev–Trinajstić information content (AvgIpc) is 2.64. The quantitative estimate of drug-likeness (QED) is 0.780. The zero-order valence-electron chi connectivity index (χ0n) is 9.16. The van der Waals surface area contributed by atoms with Gasteiger partial charge >= 0.3 is 0 Å². The minimum absolute atomic E-state index is 0.212. The molecule has 0 aromatic carbocycles. The van der Waals surface area contributed by atoms with Gasteiger partial charge in [0.1, 0.15) is 5.82 Å². The second-order valence-electron chi connectivity index (χ2n) is 3.70. The van der Waals surface area contributed by atoms with Gasteiger partial charge in [0.25, 0.3) is 0 Å². The highest BCUT2D eigenvalue weighted by atomic mass is 35.5. The van der Waals surface area contributed by atoms with Crippen molar-refractivity contribution < 1.29 is 0 Å². The number of hydrogen-bond donors (Lipinski definition) is 2. The van der Waals surface area contributed by atoms with E-state index in [4.69, 9.17) is 11.6 Å². The average molecular weight is 241 g/mol. The third kappa shape index (κ3) is 2.40. The van der Waals surface area contributed by atoms with Crippen molar-refractivity contribution in [3.8, 4) is 0 Å². The second-order valence-corrected chi connectivity index (χ2v) is 4.04. The van der Waals surface area contributed by atoms with Crippen molar-refractivity contribution in [3.05, 3.63) is 11.5 Å². The molecule has 2 rings (SSSR count). The summed E-state index contributed by atoms with van der Waals surface area (Å²) in [5.74, 6) is 0.714. The van der Waals surface area contributed by atoms with E-state index in [-0.39, 0.29) is 5.28 Å². The van der Waals surface area contributed by atoms with E-state index in [9.17, 15) is 0 Å². The maximum atomic E-state index is 5.80. The van der Waals surface area contributed by atoms with Gasteiger partial charge in [-0.1, -0.05) is 0 Å². The molecule has 0 unspecified atom stereocenters. The van der Waals surface area contributed by atoms with E-state index in [1.807, 2.05) is 14.1 Å². The molecule has 0 radical (unpaired) electrons. The van der Waals surface area contributed by atoms with Crippen molar-refractivity contribution in [2.45, 2.75) is 0 Å². The SMILES string of the molecule is CN(C)CCNc1nc(Cl)nc2[nH]ncc12. The second kappa shape index (κ2) is 4.63. The Balaban J connectivity index is 2.19. The van der Waals surface area contributed by atoms with Crippen molar-refractivity contribution in [1.82, 2.24) is 25.1 Å². The van der Waals surface area contributed by atoms with Crippen molar-refractivity contribution in [3.63, 3.8) is 0 Å². The molecule has 86 valence electrons. The molecule has 2 aromatic heterocycles. The summed E-state index contributed by atoms with van der Waals surface area (Å²) in [5, 5.41) is 10.9. The van der Waals surface area contributed by atoms with Crippen LogP contribution in [0.2, 0.25) is 5.28 Å². The van der Waals surface area contributed by atoms with E-state index < -0.39 is 0 Å². The number of halogens is 1. The van der Waals surface area contributed by atoms with Gasteiger partial charge in [0.15, 0.2) is 5.65 Å². The van der Waals surface area contributed by atoms with Crippen LogP contribution in [0.1, 0.15) is 0 Å². The molecule has 0 saturated carbocycles. The Morgan fingerprint density at radius 1 is 1.44 bits per heavy atom. The van der Waals surface area contributed by atoms with Crippen LogP contribution < -0.4 is 5.32 Å². The number of nitrogens with one attached hydrogen (secondary N) is 2. The summed E-state index contributed by atoms with van der Waals surface area (Å²) in [6.07, 6.45) is 1.68. The zero-order chi connectivity index (χ0) is 11.5. The molecule has 0 amide bonds. The van der Waals surface area contributed by atoms with Crippen molar-refractivity contribution in [1.29, 1.82) is 0 Å². The predicted octanol–water partition coefficient (Wildman–Crippen LogP) is 0.980. The number of aromatic nitrogens is 4. The normalized spacial score (nSPS) is 11.2. The molecule has 0 saturated heterocycles. The maximum absolute atomic E-state index is 5.80. The van der Waals surface area contributed by atoms with E-state index in [2.05, 4.69) is 30.4 Å². The van der Waals surface area contributed by atoms with Crippen molar-refractivity contribution in [2.75, 3.05) is 32.5 Å². The summed E-state index contributed by atoms with van der Waals surface area (Å²) in [6, 6.07) is 0. The van der Waals surface area contributed by atoms with Crippen LogP contribution in [0.3, 0.4) is 0 Å². The Hall–Kier alpha value is -1.40. The van der Waals surface area contributed by atoms with Gasteiger partial charge in [-0.05, 0) is 25.7 Å². The first-order valence-corrected chi connectivity index (χ1v) is 5.30. The lowest BCUT2D eigenvalue weighted by molar-refractivity contribution is 0.425. The summed E-state index contributed by atoms with van der Waals surface area (Å²) in [7, 11) is 4.03. The molecule has 2 heterocycles. The monoisotopic (exact) mass is 240 g/mol. The molecule has 0 fully saturated rings. The molecule has 6 nitrogen and oxygen atoms in total. The molecule has 0 aliphatic heterocycles. The van der Waals surface area contributed by atoms with Crippen LogP contribution in [0.5, 0.6) is 0 Å². The number of likely N-dealkylation sites (N-methyl/N-ethyl adjacent to an activating group) is 1. The topological polar surface area (TPSA) is 69.7 Å². The third-order valence-electron chi connectivity index (χ3n) is 2.13. The number of nitrogens with zero attached hydrogens (tertiary/aromatic N) is 4. The third-order valence-corrected chi connectivity index (χ3v) is 2.30. The summed E-state index contributed by atoms with van der Waals surface area (Å²) < 4.78 is 0. The van der Waals surface area contributed by atoms with Gasteiger partial charge in [-0.15, -0.1) is 0 Å².